The summed E-state index contributed by atoms with van der Waals surface area (Å²) >= 11 is 0. The number of amides is 2. The maximum absolute atomic E-state index is 11.8. The van der Waals surface area contributed by atoms with Crippen molar-refractivity contribution in [2.45, 2.75) is 40.2 Å². The van der Waals surface area contributed by atoms with E-state index < -0.39 is 0 Å². The van der Waals surface area contributed by atoms with Crippen LogP contribution in [-0.2, 0) is 6.54 Å². The zero-order chi connectivity index (χ0) is 18.3. The van der Waals surface area contributed by atoms with E-state index in [9.17, 15) is 9.90 Å². The fourth-order valence-electron chi connectivity index (χ4n) is 2.38. The SMILES string of the molecule is Cc1nccn1-c1ccc(CNC(=O)NCCCC(C)(C)CO)cn1. The predicted molar refractivity (Wildman–Crippen MR) is 96.4 cm³/mol. The number of aromatic nitrogens is 3. The molecular weight excluding hydrogens is 318 g/mol. The molecule has 0 bridgehead atoms. The number of aryl methyl sites for hydroxylation is 1. The van der Waals surface area contributed by atoms with Crippen LogP contribution in [0.15, 0.2) is 30.7 Å². The second-order valence-electron chi connectivity index (χ2n) is 6.90. The van der Waals surface area contributed by atoms with E-state index in [0.29, 0.717) is 13.1 Å². The Morgan fingerprint density at radius 1 is 1.28 bits per heavy atom. The number of aliphatic hydroxyl groups is 1. The van der Waals surface area contributed by atoms with Gasteiger partial charge in [-0.05, 0) is 36.8 Å². The first-order valence-electron chi connectivity index (χ1n) is 8.49. The summed E-state index contributed by atoms with van der Waals surface area (Å²) in [6, 6.07) is 3.64. The van der Waals surface area contributed by atoms with E-state index in [4.69, 9.17) is 0 Å². The van der Waals surface area contributed by atoms with E-state index in [1.807, 2.05) is 43.7 Å². The molecule has 2 aromatic heterocycles. The zero-order valence-corrected chi connectivity index (χ0v) is 15.1. The Labute approximate surface area is 148 Å². The number of aliphatic hydroxyl groups excluding tert-OH is 1. The van der Waals surface area contributed by atoms with E-state index in [0.717, 1.165) is 30.0 Å². The highest BCUT2D eigenvalue weighted by Gasteiger charge is 2.15. The van der Waals surface area contributed by atoms with Crippen LogP contribution in [0.5, 0.6) is 0 Å². The smallest absolute Gasteiger partial charge is 0.315 e. The van der Waals surface area contributed by atoms with Crippen molar-refractivity contribution >= 4 is 6.03 Å². The first-order valence-corrected chi connectivity index (χ1v) is 8.49. The molecule has 0 radical (unpaired) electrons. The van der Waals surface area contributed by atoms with Gasteiger partial charge in [-0.3, -0.25) is 4.57 Å². The third kappa shape index (κ3) is 5.86. The first-order chi connectivity index (χ1) is 11.9. The summed E-state index contributed by atoms with van der Waals surface area (Å²) in [5, 5.41) is 14.8. The van der Waals surface area contributed by atoms with E-state index >= 15 is 0 Å². The first kappa shape index (κ1) is 18.9. The van der Waals surface area contributed by atoms with Crippen LogP contribution in [0.1, 0.15) is 38.1 Å². The molecule has 0 aliphatic rings. The molecule has 0 spiro atoms. The number of carbonyl (C=O) groups excluding carboxylic acids is 1. The third-order valence-corrected chi connectivity index (χ3v) is 4.08. The van der Waals surface area contributed by atoms with Gasteiger partial charge in [-0.25, -0.2) is 14.8 Å². The van der Waals surface area contributed by atoms with E-state index in [-0.39, 0.29) is 18.1 Å². The van der Waals surface area contributed by atoms with Crippen molar-refractivity contribution in [1.82, 2.24) is 25.2 Å². The van der Waals surface area contributed by atoms with Gasteiger partial charge in [-0.15, -0.1) is 0 Å². The summed E-state index contributed by atoms with van der Waals surface area (Å²) in [5.74, 6) is 1.68. The van der Waals surface area contributed by atoms with Gasteiger partial charge in [0.15, 0.2) is 0 Å². The quantitative estimate of drug-likeness (QED) is 0.639. The van der Waals surface area contributed by atoms with Crippen LogP contribution in [0.3, 0.4) is 0 Å². The lowest BCUT2D eigenvalue weighted by molar-refractivity contribution is 0.148. The second-order valence-corrected chi connectivity index (χ2v) is 6.90. The highest BCUT2D eigenvalue weighted by molar-refractivity contribution is 5.73. The normalized spacial score (nSPS) is 11.4. The van der Waals surface area contributed by atoms with Gasteiger partial charge in [0.05, 0.1) is 0 Å². The number of urea groups is 1. The number of rotatable bonds is 8. The molecule has 0 unspecified atom stereocenters. The maximum Gasteiger partial charge on any atom is 0.315 e. The third-order valence-electron chi connectivity index (χ3n) is 4.08. The van der Waals surface area contributed by atoms with Crippen LogP contribution in [-0.4, -0.2) is 38.8 Å². The van der Waals surface area contributed by atoms with Crippen LogP contribution < -0.4 is 10.6 Å². The van der Waals surface area contributed by atoms with Gasteiger partial charge in [0.25, 0.3) is 0 Å². The molecular formula is C18H27N5O2. The van der Waals surface area contributed by atoms with Gasteiger partial charge in [-0.1, -0.05) is 19.9 Å². The molecule has 7 heteroatoms. The summed E-state index contributed by atoms with van der Waals surface area (Å²) in [6.07, 6.45) is 7.04. The summed E-state index contributed by atoms with van der Waals surface area (Å²) in [4.78, 5) is 20.4. The lowest BCUT2D eigenvalue weighted by Gasteiger charge is -2.21. The minimum Gasteiger partial charge on any atom is -0.396 e. The number of hydrogen-bond donors (Lipinski definition) is 3. The van der Waals surface area contributed by atoms with E-state index in [2.05, 4.69) is 20.6 Å². The topological polar surface area (TPSA) is 92.1 Å². The molecule has 7 nitrogen and oxygen atoms in total. The Kier molecular flexibility index (Phi) is 6.52. The molecule has 0 saturated carbocycles. The standard InChI is InChI=1S/C18H27N5O2/c1-14-19-9-10-23(14)16-6-5-15(11-21-16)12-22-17(25)20-8-4-7-18(2,3)13-24/h5-6,9-11,24H,4,7-8,12-13H2,1-3H3,(H2,20,22,25). The molecule has 136 valence electrons. The number of pyridine rings is 1. The number of imidazole rings is 1. The molecule has 0 saturated heterocycles. The van der Waals surface area contributed by atoms with Crippen LogP contribution in [0.25, 0.3) is 5.82 Å². The molecule has 2 rings (SSSR count). The number of hydrogen-bond acceptors (Lipinski definition) is 4. The Morgan fingerprint density at radius 3 is 2.68 bits per heavy atom. The lowest BCUT2D eigenvalue weighted by Crippen LogP contribution is -2.36. The molecule has 0 aliphatic heterocycles. The average Bonchev–Trinajstić information content (AvgIpc) is 3.03. The predicted octanol–water partition coefficient (Wildman–Crippen LogP) is 2.17. The average molecular weight is 345 g/mol. The highest BCUT2D eigenvalue weighted by Crippen LogP contribution is 2.20. The van der Waals surface area contributed by atoms with Gasteiger partial charge in [-0.2, -0.15) is 0 Å². The molecule has 25 heavy (non-hydrogen) atoms. The van der Waals surface area contributed by atoms with E-state index in [1.54, 1.807) is 12.4 Å². The molecule has 2 heterocycles. The molecule has 0 aliphatic carbocycles. The van der Waals surface area contributed by atoms with Gasteiger partial charge in [0, 0.05) is 38.3 Å². The van der Waals surface area contributed by atoms with Crippen LogP contribution in [0.2, 0.25) is 0 Å². The van der Waals surface area contributed by atoms with Gasteiger partial charge in [0.2, 0.25) is 0 Å². The fourth-order valence-corrected chi connectivity index (χ4v) is 2.38. The largest absolute Gasteiger partial charge is 0.396 e. The number of carbonyl (C=O) groups is 1. The Balaban J connectivity index is 1.72. The minimum atomic E-state index is -0.198. The Morgan fingerprint density at radius 2 is 2.08 bits per heavy atom. The molecule has 0 fully saturated rings. The van der Waals surface area contributed by atoms with Crippen LogP contribution in [0.4, 0.5) is 4.79 Å². The zero-order valence-electron chi connectivity index (χ0n) is 15.1. The van der Waals surface area contributed by atoms with Crippen LogP contribution >= 0.6 is 0 Å². The van der Waals surface area contributed by atoms with Crippen molar-refractivity contribution in [2.24, 2.45) is 5.41 Å². The monoisotopic (exact) mass is 345 g/mol. The molecule has 2 amide bonds. The molecule has 0 atom stereocenters. The fraction of sp³-hybridized carbons (Fsp3) is 0.500. The highest BCUT2D eigenvalue weighted by atomic mass is 16.3. The van der Waals surface area contributed by atoms with Crippen molar-refractivity contribution in [2.75, 3.05) is 13.2 Å². The molecule has 3 N–H and O–H groups in total. The van der Waals surface area contributed by atoms with Crippen molar-refractivity contribution in [3.63, 3.8) is 0 Å². The van der Waals surface area contributed by atoms with Crippen molar-refractivity contribution in [1.29, 1.82) is 0 Å². The van der Waals surface area contributed by atoms with E-state index in [1.165, 1.54) is 0 Å². The van der Waals surface area contributed by atoms with Gasteiger partial charge < -0.3 is 15.7 Å². The number of nitrogens with zero attached hydrogens (tertiary/aromatic N) is 3. The Bertz CT molecular complexity index is 679. The lowest BCUT2D eigenvalue weighted by atomic mass is 9.89. The summed E-state index contributed by atoms with van der Waals surface area (Å²) < 4.78 is 1.90. The van der Waals surface area contributed by atoms with Gasteiger partial charge >= 0.3 is 6.03 Å². The van der Waals surface area contributed by atoms with Gasteiger partial charge in [0.1, 0.15) is 11.6 Å². The summed E-state index contributed by atoms with van der Waals surface area (Å²) in [6.45, 7) is 7.10. The number of nitrogens with one attached hydrogen (secondary N) is 2. The van der Waals surface area contributed by atoms with Crippen molar-refractivity contribution in [3.05, 3.63) is 42.1 Å². The molecule has 0 aromatic carbocycles. The molecule has 2 aromatic rings. The second kappa shape index (κ2) is 8.62. The summed E-state index contributed by atoms with van der Waals surface area (Å²) in [7, 11) is 0. The Hall–Kier alpha value is -2.41. The summed E-state index contributed by atoms with van der Waals surface area (Å²) in [5.41, 5.74) is 0.831. The van der Waals surface area contributed by atoms with Crippen LogP contribution in [0, 0.1) is 12.3 Å². The minimum absolute atomic E-state index is 0.0981. The van der Waals surface area contributed by atoms with Crippen molar-refractivity contribution in [3.8, 4) is 5.82 Å². The van der Waals surface area contributed by atoms with Crippen molar-refractivity contribution < 1.29 is 9.90 Å². The maximum atomic E-state index is 11.8.